The third-order valence-electron chi connectivity index (χ3n) is 5.89. The summed E-state index contributed by atoms with van der Waals surface area (Å²) in [4.78, 5) is 16.9. The fraction of sp³-hybridized carbons (Fsp3) is 0.560. The summed E-state index contributed by atoms with van der Waals surface area (Å²) in [7, 11) is 0. The van der Waals surface area contributed by atoms with Crippen LogP contribution in [0.4, 0.5) is 5.69 Å². The molecule has 178 valence electrons. The highest BCUT2D eigenvalue weighted by Gasteiger charge is 2.26. The lowest BCUT2D eigenvalue weighted by Gasteiger charge is -2.32. The second-order valence-electron chi connectivity index (χ2n) is 8.36. The Morgan fingerprint density at radius 1 is 1.28 bits per heavy atom. The van der Waals surface area contributed by atoms with E-state index >= 15 is 0 Å². The van der Waals surface area contributed by atoms with Crippen LogP contribution in [0.5, 0.6) is 0 Å². The third kappa shape index (κ3) is 9.18. The first-order valence-electron chi connectivity index (χ1n) is 11.5. The molecule has 0 bridgehead atoms. The van der Waals surface area contributed by atoms with Gasteiger partial charge in [-0.1, -0.05) is 55.9 Å². The smallest absolute Gasteiger partial charge is 0.220 e. The van der Waals surface area contributed by atoms with E-state index in [-0.39, 0.29) is 11.9 Å². The molecule has 0 aromatic heterocycles. The highest BCUT2D eigenvalue weighted by Crippen LogP contribution is 2.34. The van der Waals surface area contributed by atoms with Crippen molar-refractivity contribution in [2.24, 2.45) is 5.92 Å². The Kier molecular flexibility index (Phi) is 11.7. The summed E-state index contributed by atoms with van der Waals surface area (Å²) in [6, 6.07) is 5.48. The molecule has 1 aliphatic heterocycles. The Balaban J connectivity index is 1.90. The number of thioether (sulfide) groups is 1. The number of benzene rings is 1. The third-order valence-corrected chi connectivity index (χ3v) is 7.19. The number of nitrogens with two attached hydrogens (primary N) is 1. The molecular weight excluding hydrogens is 442 g/mol. The lowest BCUT2D eigenvalue weighted by Crippen LogP contribution is -2.43. The molecule has 1 aromatic rings. The van der Waals surface area contributed by atoms with Gasteiger partial charge in [-0.2, -0.15) is 0 Å². The number of anilines is 1. The molecule has 1 atom stereocenters. The second-order valence-corrected chi connectivity index (χ2v) is 10.0. The first kappa shape index (κ1) is 26.8. The van der Waals surface area contributed by atoms with Gasteiger partial charge >= 0.3 is 0 Å². The monoisotopic (exact) mass is 479 g/mol. The number of nitrogen functional groups attached to an aromatic ring is 1. The number of nitrogens with one attached hydrogen (secondary N) is 1. The Hall–Kier alpha value is -1.47. The normalized spacial score (nSPS) is 15.5. The van der Waals surface area contributed by atoms with Crippen LogP contribution in [-0.4, -0.2) is 49.7 Å². The van der Waals surface area contributed by atoms with Crippen molar-refractivity contribution in [1.29, 1.82) is 0 Å². The molecule has 1 aromatic carbocycles. The first-order valence-corrected chi connectivity index (χ1v) is 12.7. The maximum atomic E-state index is 12.8. The molecule has 0 saturated carbocycles. The lowest BCUT2D eigenvalue weighted by molar-refractivity contribution is -0.122. The van der Waals surface area contributed by atoms with Gasteiger partial charge in [-0.3, -0.25) is 9.69 Å². The molecule has 1 fully saturated rings. The quantitative estimate of drug-likeness (QED) is 0.222. The lowest BCUT2D eigenvalue weighted by atomic mass is 9.87. The van der Waals surface area contributed by atoms with E-state index in [0.717, 1.165) is 61.9 Å². The van der Waals surface area contributed by atoms with E-state index in [1.807, 2.05) is 6.07 Å². The number of carbonyl (C=O) groups excluding carboxylic acids is 1. The molecule has 1 unspecified atom stereocenters. The molecule has 5 nitrogen and oxygen atoms in total. The van der Waals surface area contributed by atoms with E-state index in [1.54, 1.807) is 12.1 Å². The van der Waals surface area contributed by atoms with E-state index < -0.39 is 0 Å². The number of rotatable bonds is 13. The predicted octanol–water partition coefficient (Wildman–Crippen LogP) is 5.51. The minimum atomic E-state index is 0.0537. The van der Waals surface area contributed by atoms with Gasteiger partial charge in [0.2, 0.25) is 5.91 Å². The first-order chi connectivity index (χ1) is 15.3. The van der Waals surface area contributed by atoms with Gasteiger partial charge in [0.1, 0.15) is 0 Å². The molecule has 1 heterocycles. The number of likely N-dealkylation sites (N-methyl/N-ethyl adjacent to an activating group) is 1. The molecule has 0 radical (unpaired) electrons. The Bertz CT molecular complexity index is 776. The number of nitrogens with zero attached hydrogens (tertiary/aromatic N) is 1. The summed E-state index contributed by atoms with van der Waals surface area (Å²) in [5.41, 5.74) is 7.85. The van der Waals surface area contributed by atoms with Crippen LogP contribution in [0.1, 0.15) is 46.0 Å². The van der Waals surface area contributed by atoms with Crippen molar-refractivity contribution in [3.05, 3.63) is 46.9 Å². The van der Waals surface area contributed by atoms with E-state index in [9.17, 15) is 4.79 Å². The fourth-order valence-corrected chi connectivity index (χ4v) is 5.05. The maximum absolute atomic E-state index is 12.8. The van der Waals surface area contributed by atoms with Gasteiger partial charge in [-0.25, -0.2) is 0 Å². The number of ether oxygens (including phenoxy) is 1. The van der Waals surface area contributed by atoms with Crippen LogP contribution in [0.15, 0.2) is 46.7 Å². The van der Waals surface area contributed by atoms with Crippen LogP contribution < -0.4 is 11.1 Å². The molecule has 1 saturated heterocycles. The molecule has 2 rings (SSSR count). The van der Waals surface area contributed by atoms with Crippen LogP contribution in [0.2, 0.25) is 5.02 Å². The summed E-state index contributed by atoms with van der Waals surface area (Å²) in [6.07, 6.45) is 3.74. The van der Waals surface area contributed by atoms with Crippen LogP contribution in [-0.2, 0) is 9.53 Å². The average molecular weight is 480 g/mol. The molecule has 7 heteroatoms. The minimum absolute atomic E-state index is 0.0537. The minimum Gasteiger partial charge on any atom is -0.398 e. The SMILES string of the molecule is C=C(CC(NC(=O)CCC(=C)Sc1cc(Cl)ccc1N)C1CCOCC1)CN(CC)CC. The van der Waals surface area contributed by atoms with E-state index in [1.165, 1.54) is 17.3 Å². The zero-order valence-corrected chi connectivity index (χ0v) is 21.1. The number of halogens is 1. The molecule has 3 N–H and O–H groups in total. The molecule has 0 spiro atoms. The molecule has 1 amide bonds. The standard InChI is InChI=1S/C25H38ClN3O2S/c1-5-29(6-2)17-18(3)15-23(20-11-13-31-14-12-20)28-25(30)10-7-19(4)32-24-16-21(26)8-9-22(24)27/h8-9,16,20,23H,3-7,10-15,17,27H2,1-2H3,(H,28,30). The van der Waals surface area contributed by atoms with Gasteiger partial charge in [0, 0.05) is 47.8 Å². The van der Waals surface area contributed by atoms with Crippen molar-refractivity contribution in [2.75, 3.05) is 38.6 Å². The summed E-state index contributed by atoms with van der Waals surface area (Å²) in [6.45, 7) is 17.1. The molecule has 1 aliphatic rings. The van der Waals surface area contributed by atoms with Crippen molar-refractivity contribution < 1.29 is 9.53 Å². The molecule has 0 aliphatic carbocycles. The zero-order valence-electron chi connectivity index (χ0n) is 19.5. The van der Waals surface area contributed by atoms with Gasteiger partial charge in [0.05, 0.1) is 0 Å². The summed E-state index contributed by atoms with van der Waals surface area (Å²) in [5.74, 6) is 0.475. The Labute approximate surface area is 202 Å². The molecular formula is C25H38ClN3O2S. The van der Waals surface area contributed by atoms with Crippen molar-refractivity contribution in [3.8, 4) is 0 Å². The van der Waals surface area contributed by atoms with Crippen LogP contribution >= 0.6 is 23.4 Å². The summed E-state index contributed by atoms with van der Waals surface area (Å²) in [5, 5.41) is 3.93. The highest BCUT2D eigenvalue weighted by atomic mass is 35.5. The van der Waals surface area contributed by atoms with Crippen molar-refractivity contribution >= 4 is 35.0 Å². The summed E-state index contributed by atoms with van der Waals surface area (Å²) < 4.78 is 5.54. The average Bonchev–Trinajstić information content (AvgIpc) is 2.78. The largest absolute Gasteiger partial charge is 0.398 e. The topological polar surface area (TPSA) is 67.6 Å². The van der Waals surface area contributed by atoms with E-state index in [4.69, 9.17) is 22.1 Å². The van der Waals surface area contributed by atoms with Crippen LogP contribution in [0, 0.1) is 5.92 Å². The van der Waals surface area contributed by atoms with Crippen molar-refractivity contribution in [2.45, 2.75) is 56.9 Å². The number of hydrogen-bond acceptors (Lipinski definition) is 5. The number of amides is 1. The van der Waals surface area contributed by atoms with E-state index in [2.05, 4.69) is 37.2 Å². The van der Waals surface area contributed by atoms with Crippen LogP contribution in [0.25, 0.3) is 0 Å². The number of carbonyl (C=O) groups is 1. The van der Waals surface area contributed by atoms with Crippen molar-refractivity contribution in [1.82, 2.24) is 10.2 Å². The Morgan fingerprint density at radius 3 is 2.62 bits per heavy atom. The summed E-state index contributed by atoms with van der Waals surface area (Å²) >= 11 is 7.54. The van der Waals surface area contributed by atoms with E-state index in [0.29, 0.717) is 29.5 Å². The van der Waals surface area contributed by atoms with Gasteiger partial charge in [0.25, 0.3) is 0 Å². The van der Waals surface area contributed by atoms with Crippen LogP contribution in [0.3, 0.4) is 0 Å². The second kappa shape index (κ2) is 13.9. The highest BCUT2D eigenvalue weighted by molar-refractivity contribution is 8.03. The number of allylic oxidation sites excluding steroid dienone is 1. The van der Waals surface area contributed by atoms with Gasteiger partial charge in [0.15, 0.2) is 0 Å². The van der Waals surface area contributed by atoms with Gasteiger partial charge in [-0.15, -0.1) is 0 Å². The fourth-order valence-electron chi connectivity index (χ4n) is 3.93. The maximum Gasteiger partial charge on any atom is 0.220 e. The van der Waals surface area contributed by atoms with Gasteiger partial charge < -0.3 is 15.8 Å². The van der Waals surface area contributed by atoms with Crippen molar-refractivity contribution in [3.63, 3.8) is 0 Å². The van der Waals surface area contributed by atoms with Gasteiger partial charge in [-0.05, 0) is 67.8 Å². The predicted molar refractivity (Wildman–Crippen MR) is 137 cm³/mol. The Morgan fingerprint density at radius 2 is 1.97 bits per heavy atom. The zero-order chi connectivity index (χ0) is 23.5. The number of hydrogen-bond donors (Lipinski definition) is 2. The molecule has 32 heavy (non-hydrogen) atoms.